The van der Waals surface area contributed by atoms with Crippen molar-refractivity contribution < 1.29 is 19.1 Å². The minimum absolute atomic E-state index is 0.00365. The van der Waals surface area contributed by atoms with Crippen LogP contribution in [0.25, 0.3) is 0 Å². The van der Waals surface area contributed by atoms with E-state index in [2.05, 4.69) is 10.3 Å². The molecule has 3 amide bonds. The second-order valence-corrected chi connectivity index (χ2v) is 6.72. The van der Waals surface area contributed by atoms with Gasteiger partial charge in [-0.15, -0.1) is 0 Å². The second kappa shape index (κ2) is 9.18. The van der Waals surface area contributed by atoms with Gasteiger partial charge in [0.05, 0.1) is 7.11 Å². The summed E-state index contributed by atoms with van der Waals surface area (Å²) in [6, 6.07) is 10.5. The average molecular weight is 396 g/mol. The van der Waals surface area contributed by atoms with Crippen LogP contribution in [0, 0.1) is 0 Å². The summed E-state index contributed by atoms with van der Waals surface area (Å²) < 4.78 is 5.29. The van der Waals surface area contributed by atoms with Crippen molar-refractivity contribution in [2.24, 2.45) is 0 Å². The number of aromatic nitrogens is 1. The predicted molar refractivity (Wildman–Crippen MR) is 107 cm³/mol. The van der Waals surface area contributed by atoms with Gasteiger partial charge in [0.15, 0.2) is 0 Å². The van der Waals surface area contributed by atoms with Crippen LogP contribution in [-0.4, -0.2) is 65.8 Å². The molecule has 8 heteroatoms. The molecule has 1 saturated heterocycles. The Morgan fingerprint density at radius 3 is 2.45 bits per heavy atom. The number of carbonyl (C=O) groups excluding carboxylic acids is 3. The summed E-state index contributed by atoms with van der Waals surface area (Å²) in [5.74, 6) is 0.161. The molecule has 2 heterocycles. The van der Waals surface area contributed by atoms with Crippen LogP contribution in [0.4, 0.5) is 0 Å². The maximum absolute atomic E-state index is 12.7. The van der Waals surface area contributed by atoms with Crippen LogP contribution in [-0.2, 0) is 11.3 Å². The molecule has 1 aromatic carbocycles. The zero-order valence-electron chi connectivity index (χ0n) is 16.6. The van der Waals surface area contributed by atoms with Crippen LogP contribution in [0.1, 0.15) is 33.3 Å². The van der Waals surface area contributed by atoms with Crippen LogP contribution >= 0.6 is 0 Å². The Morgan fingerprint density at radius 1 is 1.07 bits per heavy atom. The van der Waals surface area contributed by atoms with Gasteiger partial charge in [0.1, 0.15) is 11.4 Å². The molecule has 0 spiro atoms. The predicted octanol–water partition coefficient (Wildman–Crippen LogP) is 1.32. The van der Waals surface area contributed by atoms with Crippen LogP contribution in [0.2, 0.25) is 0 Å². The fourth-order valence-electron chi connectivity index (χ4n) is 3.20. The Morgan fingerprint density at radius 2 is 1.76 bits per heavy atom. The SMILES string of the molecule is COc1ccccc1CNC(=O)c1ccnc(C(=O)N2CCN(C(C)=O)CC2)c1. The summed E-state index contributed by atoms with van der Waals surface area (Å²) in [6.07, 6.45) is 1.46. The van der Waals surface area contributed by atoms with Gasteiger partial charge in [-0.25, -0.2) is 0 Å². The minimum Gasteiger partial charge on any atom is -0.496 e. The number of methoxy groups -OCH3 is 1. The summed E-state index contributed by atoms with van der Waals surface area (Å²) in [5.41, 5.74) is 1.43. The lowest BCUT2D eigenvalue weighted by Gasteiger charge is -2.34. The molecule has 3 rings (SSSR count). The zero-order valence-corrected chi connectivity index (χ0v) is 16.6. The lowest BCUT2D eigenvalue weighted by Crippen LogP contribution is -2.50. The molecule has 0 radical (unpaired) electrons. The van der Waals surface area contributed by atoms with E-state index in [9.17, 15) is 14.4 Å². The molecule has 0 atom stereocenters. The quantitative estimate of drug-likeness (QED) is 0.823. The summed E-state index contributed by atoms with van der Waals surface area (Å²) >= 11 is 0. The highest BCUT2D eigenvalue weighted by Gasteiger charge is 2.24. The first kappa shape index (κ1) is 20.3. The Bertz CT molecular complexity index is 907. The van der Waals surface area contributed by atoms with E-state index in [1.165, 1.54) is 19.2 Å². The standard InChI is InChI=1S/C21H24N4O4/c1-15(26)24-9-11-25(12-10-24)21(28)18-13-16(7-8-22-18)20(27)23-14-17-5-3-4-6-19(17)29-2/h3-8,13H,9-12,14H2,1-2H3,(H,23,27). The molecule has 1 aromatic heterocycles. The molecular weight excluding hydrogens is 372 g/mol. The van der Waals surface area contributed by atoms with Crippen molar-refractivity contribution in [3.8, 4) is 5.75 Å². The van der Waals surface area contributed by atoms with Gasteiger partial charge >= 0.3 is 0 Å². The van der Waals surface area contributed by atoms with E-state index in [0.29, 0.717) is 44.0 Å². The summed E-state index contributed by atoms with van der Waals surface area (Å²) in [7, 11) is 1.58. The largest absolute Gasteiger partial charge is 0.496 e. The smallest absolute Gasteiger partial charge is 0.272 e. The number of ether oxygens (including phenoxy) is 1. The first-order valence-corrected chi connectivity index (χ1v) is 9.40. The lowest BCUT2D eigenvalue weighted by atomic mass is 10.1. The fraction of sp³-hybridized carbons (Fsp3) is 0.333. The van der Waals surface area contributed by atoms with Gasteiger partial charge < -0.3 is 19.9 Å². The van der Waals surface area contributed by atoms with E-state index >= 15 is 0 Å². The van der Waals surface area contributed by atoms with Gasteiger partial charge in [-0.05, 0) is 18.2 Å². The number of rotatable bonds is 5. The minimum atomic E-state index is -0.297. The average Bonchev–Trinajstić information content (AvgIpc) is 2.77. The van der Waals surface area contributed by atoms with Gasteiger partial charge in [-0.2, -0.15) is 0 Å². The number of carbonyl (C=O) groups is 3. The molecule has 1 fully saturated rings. The highest BCUT2D eigenvalue weighted by Crippen LogP contribution is 2.17. The van der Waals surface area contributed by atoms with Crippen molar-refractivity contribution in [3.63, 3.8) is 0 Å². The number of piperazine rings is 1. The van der Waals surface area contributed by atoms with E-state index in [1.807, 2.05) is 24.3 Å². The second-order valence-electron chi connectivity index (χ2n) is 6.72. The molecule has 1 aliphatic rings. The van der Waals surface area contributed by atoms with Crippen LogP contribution < -0.4 is 10.1 Å². The van der Waals surface area contributed by atoms with E-state index in [0.717, 1.165) is 5.56 Å². The third-order valence-corrected chi connectivity index (χ3v) is 4.89. The molecule has 0 aliphatic carbocycles. The van der Waals surface area contributed by atoms with E-state index in [4.69, 9.17) is 4.74 Å². The van der Waals surface area contributed by atoms with Gasteiger partial charge in [0, 0.05) is 57.0 Å². The molecule has 0 saturated carbocycles. The van der Waals surface area contributed by atoms with Crippen LogP contribution in [0.5, 0.6) is 5.75 Å². The van der Waals surface area contributed by atoms with Crippen LogP contribution in [0.3, 0.4) is 0 Å². The van der Waals surface area contributed by atoms with E-state index in [-0.39, 0.29) is 23.4 Å². The normalized spacial score (nSPS) is 13.7. The summed E-state index contributed by atoms with van der Waals surface area (Å²) in [6.45, 7) is 3.72. The summed E-state index contributed by atoms with van der Waals surface area (Å²) in [4.78, 5) is 44.2. The van der Waals surface area contributed by atoms with Gasteiger partial charge in [-0.3, -0.25) is 19.4 Å². The van der Waals surface area contributed by atoms with Crippen LogP contribution in [0.15, 0.2) is 42.6 Å². The maximum Gasteiger partial charge on any atom is 0.272 e. The number of hydrogen-bond donors (Lipinski definition) is 1. The molecule has 2 aromatic rings. The lowest BCUT2D eigenvalue weighted by molar-refractivity contribution is -0.130. The Balaban J connectivity index is 1.63. The first-order valence-electron chi connectivity index (χ1n) is 9.40. The number of pyridine rings is 1. The highest BCUT2D eigenvalue weighted by molar-refractivity contribution is 5.98. The third kappa shape index (κ3) is 4.90. The number of hydrogen-bond acceptors (Lipinski definition) is 5. The monoisotopic (exact) mass is 396 g/mol. The number of nitrogens with one attached hydrogen (secondary N) is 1. The van der Waals surface area contributed by atoms with Crippen molar-refractivity contribution in [1.82, 2.24) is 20.1 Å². The fourth-order valence-corrected chi connectivity index (χ4v) is 3.20. The van der Waals surface area contributed by atoms with Crippen molar-refractivity contribution in [2.75, 3.05) is 33.3 Å². The molecule has 0 bridgehead atoms. The number of nitrogens with zero attached hydrogens (tertiary/aromatic N) is 3. The molecule has 29 heavy (non-hydrogen) atoms. The van der Waals surface area contributed by atoms with Crippen molar-refractivity contribution in [3.05, 3.63) is 59.4 Å². The number of para-hydroxylation sites is 1. The molecule has 8 nitrogen and oxygen atoms in total. The molecule has 1 N–H and O–H groups in total. The molecule has 1 aliphatic heterocycles. The third-order valence-electron chi connectivity index (χ3n) is 4.89. The number of benzene rings is 1. The Labute approximate surface area is 169 Å². The van der Waals surface area contributed by atoms with Gasteiger partial charge in [0.2, 0.25) is 5.91 Å². The first-order chi connectivity index (χ1) is 14.0. The van der Waals surface area contributed by atoms with E-state index < -0.39 is 0 Å². The van der Waals surface area contributed by atoms with Crippen molar-refractivity contribution >= 4 is 17.7 Å². The van der Waals surface area contributed by atoms with E-state index in [1.54, 1.807) is 23.0 Å². The Kier molecular flexibility index (Phi) is 6.43. The van der Waals surface area contributed by atoms with Gasteiger partial charge in [0.25, 0.3) is 11.8 Å². The zero-order chi connectivity index (χ0) is 20.8. The number of amides is 3. The molecule has 0 unspecified atom stereocenters. The Hall–Kier alpha value is -3.42. The maximum atomic E-state index is 12.7. The molecule has 152 valence electrons. The van der Waals surface area contributed by atoms with Crippen molar-refractivity contribution in [2.45, 2.75) is 13.5 Å². The highest BCUT2D eigenvalue weighted by atomic mass is 16.5. The molecular formula is C21H24N4O4. The topological polar surface area (TPSA) is 91.8 Å². The van der Waals surface area contributed by atoms with Gasteiger partial charge in [-0.1, -0.05) is 18.2 Å². The summed E-state index contributed by atoms with van der Waals surface area (Å²) in [5, 5.41) is 2.84. The van der Waals surface area contributed by atoms with Crippen molar-refractivity contribution in [1.29, 1.82) is 0 Å².